The topological polar surface area (TPSA) is 49.2 Å². The molecule has 0 fully saturated rings. The van der Waals surface area contributed by atoms with Crippen molar-refractivity contribution in [2.75, 3.05) is 19.5 Å². The monoisotopic (exact) mass is 361 g/mol. The molecule has 0 radical (unpaired) electrons. The fourth-order valence-electron chi connectivity index (χ4n) is 2.15. The van der Waals surface area contributed by atoms with Crippen molar-refractivity contribution in [1.82, 2.24) is 14.8 Å². The van der Waals surface area contributed by atoms with Gasteiger partial charge >= 0.3 is 0 Å². The minimum atomic E-state index is 0.676. The lowest BCUT2D eigenvalue weighted by molar-refractivity contribution is 0.318. The highest BCUT2D eigenvalue weighted by Crippen LogP contribution is 2.26. The summed E-state index contributed by atoms with van der Waals surface area (Å²) in [5.74, 6) is 3.55. The van der Waals surface area contributed by atoms with E-state index in [4.69, 9.17) is 9.47 Å². The van der Waals surface area contributed by atoms with Gasteiger partial charge in [0.15, 0.2) is 11.0 Å². The van der Waals surface area contributed by atoms with E-state index in [1.807, 2.05) is 47.3 Å². The molecule has 0 N–H and O–H groups in total. The molecule has 5 nitrogen and oxygen atoms in total. The van der Waals surface area contributed by atoms with E-state index in [2.05, 4.69) is 16.3 Å². The molecule has 7 heteroatoms. The maximum Gasteiger partial charge on any atom is 0.191 e. The summed E-state index contributed by atoms with van der Waals surface area (Å²) in [5, 5.41) is 11.5. The predicted molar refractivity (Wildman–Crippen MR) is 98.1 cm³/mol. The number of rotatable bonds is 8. The van der Waals surface area contributed by atoms with E-state index in [1.165, 1.54) is 0 Å². The molecule has 0 aliphatic heterocycles. The first-order valence-corrected chi connectivity index (χ1v) is 9.47. The molecule has 2 heterocycles. The lowest BCUT2D eigenvalue weighted by atomic mass is 10.3. The van der Waals surface area contributed by atoms with Crippen LogP contribution in [0.5, 0.6) is 11.5 Å². The summed E-state index contributed by atoms with van der Waals surface area (Å²) in [4.78, 5) is 1.14. The summed E-state index contributed by atoms with van der Waals surface area (Å²) < 4.78 is 12.9. The Kier molecular flexibility index (Phi) is 5.77. The number of hydrogen-bond donors (Lipinski definition) is 0. The van der Waals surface area contributed by atoms with Gasteiger partial charge in [0, 0.05) is 12.8 Å². The third-order valence-corrected chi connectivity index (χ3v) is 5.40. The predicted octanol–water partition coefficient (Wildman–Crippen LogP) is 4.11. The number of ether oxygens (including phenoxy) is 2. The molecule has 126 valence electrons. The zero-order valence-electron chi connectivity index (χ0n) is 13.6. The molecule has 1 aromatic carbocycles. The van der Waals surface area contributed by atoms with Crippen LogP contribution in [-0.4, -0.2) is 34.2 Å². The largest absolute Gasteiger partial charge is 0.497 e. The van der Waals surface area contributed by atoms with Gasteiger partial charge in [-0.15, -0.1) is 21.5 Å². The fraction of sp³-hybridized carbons (Fsp3) is 0.294. The summed E-state index contributed by atoms with van der Waals surface area (Å²) >= 11 is 3.37. The number of aromatic nitrogens is 3. The molecule has 3 rings (SSSR count). The van der Waals surface area contributed by atoms with E-state index in [1.54, 1.807) is 30.2 Å². The van der Waals surface area contributed by atoms with Crippen molar-refractivity contribution in [2.24, 2.45) is 7.05 Å². The zero-order valence-corrected chi connectivity index (χ0v) is 15.3. The molecule has 0 spiro atoms. The molecule has 0 atom stereocenters. The van der Waals surface area contributed by atoms with Crippen molar-refractivity contribution in [1.29, 1.82) is 0 Å². The highest BCUT2D eigenvalue weighted by atomic mass is 32.2. The second-order valence-electron chi connectivity index (χ2n) is 5.07. The molecule has 0 bridgehead atoms. The molecule has 2 aromatic heterocycles. The van der Waals surface area contributed by atoms with Gasteiger partial charge in [-0.3, -0.25) is 0 Å². The number of hydrogen-bond acceptors (Lipinski definition) is 6. The number of benzene rings is 1. The van der Waals surface area contributed by atoms with Crippen LogP contribution >= 0.6 is 23.1 Å². The molecule has 0 saturated heterocycles. The highest BCUT2D eigenvalue weighted by molar-refractivity contribution is 7.99. The maximum absolute atomic E-state index is 5.73. The standard InChI is InChI=1S/C17H19N3O2S2/c1-20-16(15-5-3-11-23-15)18-19-17(20)24-12-4-10-22-14-8-6-13(21-2)7-9-14/h3,5-9,11H,4,10,12H2,1-2H3. The fourth-order valence-corrected chi connectivity index (χ4v) is 3.71. The van der Waals surface area contributed by atoms with Crippen LogP contribution in [0.4, 0.5) is 0 Å². The van der Waals surface area contributed by atoms with Gasteiger partial charge in [0.05, 0.1) is 18.6 Å². The van der Waals surface area contributed by atoms with Gasteiger partial charge in [-0.25, -0.2) is 0 Å². The zero-order chi connectivity index (χ0) is 16.8. The van der Waals surface area contributed by atoms with E-state index in [9.17, 15) is 0 Å². The number of methoxy groups -OCH3 is 1. The Morgan fingerprint density at radius 2 is 1.92 bits per heavy atom. The van der Waals surface area contributed by atoms with Crippen molar-refractivity contribution in [3.63, 3.8) is 0 Å². The van der Waals surface area contributed by atoms with E-state index in [-0.39, 0.29) is 0 Å². The number of thioether (sulfide) groups is 1. The van der Waals surface area contributed by atoms with Crippen LogP contribution in [-0.2, 0) is 7.05 Å². The first-order chi connectivity index (χ1) is 11.8. The Hall–Kier alpha value is -1.99. The minimum Gasteiger partial charge on any atom is -0.497 e. The SMILES string of the molecule is COc1ccc(OCCCSc2nnc(-c3cccs3)n2C)cc1. The van der Waals surface area contributed by atoms with Crippen LogP contribution in [0.25, 0.3) is 10.7 Å². The maximum atomic E-state index is 5.73. The van der Waals surface area contributed by atoms with Crippen LogP contribution in [0.2, 0.25) is 0 Å². The van der Waals surface area contributed by atoms with Crippen LogP contribution in [0.1, 0.15) is 6.42 Å². The summed E-state index contributed by atoms with van der Waals surface area (Å²) in [5.41, 5.74) is 0. The lowest BCUT2D eigenvalue weighted by Gasteiger charge is -2.07. The quantitative estimate of drug-likeness (QED) is 0.446. The van der Waals surface area contributed by atoms with Crippen LogP contribution < -0.4 is 9.47 Å². The molecule has 0 unspecified atom stereocenters. The lowest BCUT2D eigenvalue weighted by Crippen LogP contribution is -2.00. The van der Waals surface area contributed by atoms with E-state index >= 15 is 0 Å². The van der Waals surface area contributed by atoms with Crippen molar-refractivity contribution in [3.8, 4) is 22.2 Å². The summed E-state index contributed by atoms with van der Waals surface area (Å²) in [7, 11) is 3.66. The Bertz CT molecular complexity index is 755. The van der Waals surface area contributed by atoms with E-state index in [0.29, 0.717) is 6.61 Å². The minimum absolute atomic E-state index is 0.676. The van der Waals surface area contributed by atoms with Gasteiger partial charge in [-0.05, 0) is 42.1 Å². The highest BCUT2D eigenvalue weighted by Gasteiger charge is 2.11. The number of nitrogens with zero attached hydrogens (tertiary/aromatic N) is 3. The molecule has 0 saturated carbocycles. The van der Waals surface area contributed by atoms with Gasteiger partial charge in [0.2, 0.25) is 0 Å². The average molecular weight is 361 g/mol. The summed E-state index contributed by atoms with van der Waals surface area (Å²) in [6.45, 7) is 0.676. The Morgan fingerprint density at radius 1 is 1.12 bits per heavy atom. The summed E-state index contributed by atoms with van der Waals surface area (Å²) in [6.07, 6.45) is 0.942. The average Bonchev–Trinajstić information content (AvgIpc) is 3.25. The molecule has 24 heavy (non-hydrogen) atoms. The molecular weight excluding hydrogens is 342 g/mol. The van der Waals surface area contributed by atoms with Gasteiger partial charge in [-0.1, -0.05) is 17.8 Å². The second-order valence-corrected chi connectivity index (χ2v) is 7.08. The molecule has 0 aliphatic rings. The van der Waals surface area contributed by atoms with Crippen LogP contribution in [0.15, 0.2) is 46.9 Å². The van der Waals surface area contributed by atoms with Crippen molar-refractivity contribution >= 4 is 23.1 Å². The molecular formula is C17H19N3O2S2. The summed E-state index contributed by atoms with van der Waals surface area (Å²) in [6, 6.07) is 11.7. The second kappa shape index (κ2) is 8.21. The first-order valence-electron chi connectivity index (χ1n) is 7.61. The van der Waals surface area contributed by atoms with E-state index in [0.717, 1.165) is 39.5 Å². The molecule has 0 amide bonds. The van der Waals surface area contributed by atoms with E-state index < -0.39 is 0 Å². The van der Waals surface area contributed by atoms with Crippen molar-refractivity contribution < 1.29 is 9.47 Å². The van der Waals surface area contributed by atoms with Gasteiger partial charge in [0.25, 0.3) is 0 Å². The van der Waals surface area contributed by atoms with Crippen molar-refractivity contribution in [3.05, 3.63) is 41.8 Å². The Morgan fingerprint density at radius 3 is 2.62 bits per heavy atom. The normalized spacial score (nSPS) is 10.8. The van der Waals surface area contributed by atoms with Gasteiger partial charge in [0.1, 0.15) is 11.5 Å². The molecule has 3 aromatic rings. The van der Waals surface area contributed by atoms with Gasteiger partial charge < -0.3 is 14.0 Å². The van der Waals surface area contributed by atoms with Crippen LogP contribution in [0, 0.1) is 0 Å². The van der Waals surface area contributed by atoms with Gasteiger partial charge in [-0.2, -0.15) is 0 Å². The Labute approximate surface area is 149 Å². The third kappa shape index (κ3) is 4.10. The number of thiophene rings is 1. The van der Waals surface area contributed by atoms with Crippen LogP contribution in [0.3, 0.4) is 0 Å². The smallest absolute Gasteiger partial charge is 0.191 e. The Balaban J connectivity index is 1.43. The third-order valence-electron chi connectivity index (χ3n) is 3.42. The molecule has 0 aliphatic carbocycles. The van der Waals surface area contributed by atoms with Crippen molar-refractivity contribution in [2.45, 2.75) is 11.6 Å². The first kappa shape index (κ1) is 16.9.